The predicted molar refractivity (Wildman–Crippen MR) is 173 cm³/mol. The molecular formula is C34H28N2S2Si. The maximum Gasteiger partial charge on any atom is 0.121 e. The molecule has 0 saturated carbocycles. The van der Waals surface area contributed by atoms with Gasteiger partial charge in [-0.15, -0.1) is 22.7 Å². The molecule has 0 unspecified atom stereocenters. The average Bonchev–Trinajstić information content (AvgIpc) is 3.59. The SMILES string of the molecule is Cc1cccc(C2=C(c3nc4ccccc4s3)[Si](C)(C)C(c3nc4ccccc4s3)=C2c2cccc(C)c2)c1. The van der Waals surface area contributed by atoms with Crippen molar-refractivity contribution in [3.05, 3.63) is 129 Å². The standard InChI is InChI=1S/C34H28N2S2Si/c1-21-11-9-13-23(19-21)29-30(24-14-10-12-22(2)20-24)32(34-36-26-16-6-8-18-28(26)38-34)39(3,4)31(29)33-35-25-15-5-7-17-27(25)37-33/h5-20H,1-4H3. The van der Waals surface area contributed by atoms with Crippen molar-refractivity contribution in [2.24, 2.45) is 0 Å². The van der Waals surface area contributed by atoms with E-state index in [4.69, 9.17) is 9.97 Å². The highest BCUT2D eigenvalue weighted by Gasteiger charge is 2.46. The van der Waals surface area contributed by atoms with Crippen molar-refractivity contribution in [1.29, 1.82) is 0 Å². The molecular weight excluding hydrogens is 529 g/mol. The zero-order valence-electron chi connectivity index (χ0n) is 22.4. The van der Waals surface area contributed by atoms with Crippen molar-refractivity contribution in [1.82, 2.24) is 9.97 Å². The second-order valence-corrected chi connectivity index (χ2v) is 17.1. The third kappa shape index (κ3) is 4.04. The van der Waals surface area contributed by atoms with Crippen molar-refractivity contribution in [3.63, 3.8) is 0 Å². The number of allylic oxidation sites excluding steroid dienone is 2. The zero-order valence-corrected chi connectivity index (χ0v) is 25.1. The van der Waals surface area contributed by atoms with E-state index < -0.39 is 8.07 Å². The fourth-order valence-electron chi connectivity index (χ4n) is 5.89. The smallest absolute Gasteiger partial charge is 0.121 e. The number of para-hydroxylation sites is 2. The van der Waals surface area contributed by atoms with Crippen LogP contribution in [0.15, 0.2) is 97.1 Å². The first kappa shape index (κ1) is 24.4. The highest BCUT2D eigenvalue weighted by molar-refractivity contribution is 7.27. The van der Waals surface area contributed by atoms with Crippen molar-refractivity contribution < 1.29 is 0 Å². The van der Waals surface area contributed by atoms with Crippen LogP contribution in [0.2, 0.25) is 13.1 Å². The Morgan fingerprint density at radius 2 is 0.974 bits per heavy atom. The normalized spacial score (nSPS) is 15.2. The van der Waals surface area contributed by atoms with E-state index in [1.807, 2.05) is 22.7 Å². The van der Waals surface area contributed by atoms with E-state index in [9.17, 15) is 0 Å². The average molecular weight is 557 g/mol. The molecule has 0 bridgehead atoms. The summed E-state index contributed by atoms with van der Waals surface area (Å²) in [5.74, 6) is 0. The lowest BCUT2D eigenvalue weighted by atomic mass is 9.90. The Bertz CT molecular complexity index is 1760. The highest BCUT2D eigenvalue weighted by atomic mass is 32.1. The highest BCUT2D eigenvalue weighted by Crippen LogP contribution is 2.57. The summed E-state index contributed by atoms with van der Waals surface area (Å²) in [4.78, 5) is 10.5. The van der Waals surface area contributed by atoms with Gasteiger partial charge in [0.2, 0.25) is 0 Å². The monoisotopic (exact) mass is 556 g/mol. The Labute approximate surface area is 238 Å². The molecule has 0 aliphatic carbocycles. The van der Waals surface area contributed by atoms with E-state index in [1.165, 1.54) is 53.2 Å². The summed E-state index contributed by atoms with van der Waals surface area (Å²) in [6.45, 7) is 9.36. The lowest BCUT2D eigenvalue weighted by Crippen LogP contribution is -2.28. The van der Waals surface area contributed by atoms with Gasteiger partial charge in [-0.25, -0.2) is 9.97 Å². The van der Waals surface area contributed by atoms with Gasteiger partial charge < -0.3 is 0 Å². The van der Waals surface area contributed by atoms with Crippen molar-refractivity contribution in [2.75, 3.05) is 0 Å². The molecule has 4 aromatic carbocycles. The van der Waals surface area contributed by atoms with Crippen LogP contribution in [0.5, 0.6) is 0 Å². The maximum atomic E-state index is 5.26. The van der Waals surface area contributed by atoms with Gasteiger partial charge in [-0.3, -0.25) is 0 Å². The van der Waals surface area contributed by atoms with Gasteiger partial charge in [-0.1, -0.05) is 97.0 Å². The number of benzene rings is 4. The minimum atomic E-state index is -2.28. The molecule has 39 heavy (non-hydrogen) atoms. The van der Waals surface area contributed by atoms with Crippen LogP contribution in [-0.2, 0) is 0 Å². The topological polar surface area (TPSA) is 25.8 Å². The summed E-state index contributed by atoms with van der Waals surface area (Å²) in [7, 11) is -2.28. The lowest BCUT2D eigenvalue weighted by molar-refractivity contribution is 1.43. The van der Waals surface area contributed by atoms with Gasteiger partial charge in [-0.05, 0) is 70.8 Å². The predicted octanol–water partition coefficient (Wildman–Crippen LogP) is 9.85. The summed E-state index contributed by atoms with van der Waals surface area (Å²) < 4.78 is 2.47. The third-order valence-corrected chi connectivity index (χ3v) is 13.6. The molecule has 190 valence electrons. The van der Waals surface area contributed by atoms with E-state index in [1.54, 1.807) is 0 Å². The maximum absolute atomic E-state index is 5.26. The molecule has 1 aliphatic heterocycles. The van der Waals surface area contributed by atoms with Crippen LogP contribution in [0.3, 0.4) is 0 Å². The molecule has 1 aliphatic rings. The Morgan fingerprint density at radius 3 is 1.38 bits per heavy atom. The number of rotatable bonds is 4. The molecule has 6 aromatic rings. The molecule has 0 radical (unpaired) electrons. The van der Waals surface area contributed by atoms with Crippen LogP contribution in [-0.4, -0.2) is 18.0 Å². The fourth-order valence-corrected chi connectivity index (χ4v) is 12.8. The Balaban J connectivity index is 1.62. The van der Waals surface area contributed by atoms with Gasteiger partial charge in [0, 0.05) is 0 Å². The van der Waals surface area contributed by atoms with Crippen LogP contribution in [0.1, 0.15) is 32.3 Å². The van der Waals surface area contributed by atoms with Crippen LogP contribution >= 0.6 is 22.7 Å². The lowest BCUT2D eigenvalue weighted by Gasteiger charge is -2.23. The van der Waals surface area contributed by atoms with E-state index in [0.29, 0.717) is 0 Å². The quantitative estimate of drug-likeness (QED) is 0.202. The number of thiazole rings is 2. The van der Waals surface area contributed by atoms with Gasteiger partial charge in [0.1, 0.15) is 18.1 Å². The number of hydrogen-bond donors (Lipinski definition) is 0. The van der Waals surface area contributed by atoms with Gasteiger partial charge in [-0.2, -0.15) is 0 Å². The Morgan fingerprint density at radius 1 is 0.538 bits per heavy atom. The second-order valence-electron chi connectivity index (χ2n) is 10.8. The molecule has 2 aromatic heterocycles. The summed E-state index contributed by atoms with van der Waals surface area (Å²) in [5, 5.41) is 5.12. The Hall–Kier alpha value is -3.64. The van der Waals surface area contributed by atoms with Crippen molar-refractivity contribution in [2.45, 2.75) is 26.9 Å². The number of hydrogen-bond acceptors (Lipinski definition) is 4. The second kappa shape index (κ2) is 9.23. The molecule has 5 heteroatoms. The van der Waals surface area contributed by atoms with Gasteiger partial charge in [0.15, 0.2) is 0 Å². The first-order chi connectivity index (χ1) is 18.9. The molecule has 0 saturated heterocycles. The van der Waals surface area contributed by atoms with Gasteiger partial charge in [0.05, 0.1) is 20.4 Å². The number of fused-ring (bicyclic) bond motifs is 2. The third-order valence-electron chi connectivity index (χ3n) is 7.63. The van der Waals surface area contributed by atoms with E-state index >= 15 is 0 Å². The van der Waals surface area contributed by atoms with Gasteiger partial charge >= 0.3 is 0 Å². The largest absolute Gasteiger partial charge is 0.237 e. The number of aryl methyl sites for hydroxylation is 2. The molecule has 0 amide bonds. The van der Waals surface area contributed by atoms with Crippen LogP contribution in [0.25, 0.3) is 42.0 Å². The summed E-state index contributed by atoms with van der Waals surface area (Å²) in [6, 6.07) is 35.0. The fraction of sp³-hybridized carbons (Fsp3) is 0.118. The first-order valence-electron chi connectivity index (χ1n) is 13.3. The molecule has 0 fully saturated rings. The van der Waals surface area contributed by atoms with Crippen molar-refractivity contribution >= 4 is 72.7 Å². The van der Waals surface area contributed by atoms with Crippen LogP contribution in [0.4, 0.5) is 0 Å². The van der Waals surface area contributed by atoms with Gasteiger partial charge in [0.25, 0.3) is 0 Å². The van der Waals surface area contributed by atoms with Crippen LogP contribution < -0.4 is 0 Å². The molecule has 7 rings (SSSR count). The number of aromatic nitrogens is 2. The minimum absolute atomic E-state index is 1.07. The minimum Gasteiger partial charge on any atom is -0.237 e. The molecule has 3 heterocycles. The molecule has 0 atom stereocenters. The summed E-state index contributed by atoms with van der Waals surface area (Å²) in [6.07, 6.45) is 0. The van der Waals surface area contributed by atoms with E-state index in [0.717, 1.165) is 21.0 Å². The molecule has 0 N–H and O–H groups in total. The zero-order chi connectivity index (χ0) is 26.7. The molecule has 0 spiro atoms. The number of nitrogens with zero attached hydrogens (tertiary/aromatic N) is 2. The van der Waals surface area contributed by atoms with Crippen LogP contribution in [0, 0.1) is 13.8 Å². The van der Waals surface area contributed by atoms with E-state index in [2.05, 4.69) is 124 Å². The first-order valence-corrected chi connectivity index (χ1v) is 17.9. The summed E-state index contributed by atoms with van der Waals surface area (Å²) in [5.41, 5.74) is 9.85. The van der Waals surface area contributed by atoms with E-state index in [-0.39, 0.29) is 0 Å². The summed E-state index contributed by atoms with van der Waals surface area (Å²) >= 11 is 3.65. The Kier molecular flexibility index (Phi) is 5.77. The van der Waals surface area contributed by atoms with Crippen molar-refractivity contribution in [3.8, 4) is 0 Å². The molecule has 2 nitrogen and oxygen atoms in total.